The normalized spacial score (nSPS) is 11.4. The van der Waals surface area contributed by atoms with Crippen LogP contribution < -0.4 is 11.3 Å². The second kappa shape index (κ2) is 4.84. The first-order valence-corrected chi connectivity index (χ1v) is 5.75. The summed E-state index contributed by atoms with van der Waals surface area (Å²) in [5, 5.41) is 11.3. The molecule has 0 saturated heterocycles. The Morgan fingerprint density at radius 1 is 1.41 bits per heavy atom. The molecule has 0 aliphatic rings. The maximum absolute atomic E-state index is 11.0. The number of nitrogens with two attached hydrogens (primary N) is 1. The molecule has 1 aromatic rings. The first-order chi connectivity index (χ1) is 7.74. The van der Waals surface area contributed by atoms with Crippen LogP contribution in [0, 0.1) is 17.0 Å². The number of aryl methyl sites for hydroxylation is 1. The lowest BCUT2D eigenvalue weighted by Crippen LogP contribution is -2.15. The fourth-order valence-electron chi connectivity index (χ4n) is 1.18. The third-order valence-electron chi connectivity index (χ3n) is 1.74. The fraction of sp³-hybridized carbons (Fsp3) is 0.556. The van der Waals surface area contributed by atoms with Gasteiger partial charge in [-0.15, -0.1) is 0 Å². The molecule has 0 aliphatic heterocycles. The zero-order valence-electron chi connectivity index (χ0n) is 10.1. The fourth-order valence-corrected chi connectivity index (χ4v) is 2.21. The molecule has 0 aliphatic carbocycles. The Morgan fingerprint density at radius 2 is 2.00 bits per heavy atom. The molecule has 0 atom stereocenters. The highest BCUT2D eigenvalue weighted by Crippen LogP contribution is 2.37. The number of nitrogen functional groups attached to an aromatic ring is 1. The second-order valence-corrected chi connectivity index (χ2v) is 6.22. The summed E-state index contributed by atoms with van der Waals surface area (Å²) >= 11 is 1.31. The van der Waals surface area contributed by atoms with Crippen molar-refractivity contribution >= 4 is 23.4 Å². The number of nitrogens with one attached hydrogen (secondary N) is 1. The molecule has 0 amide bonds. The molecule has 0 fully saturated rings. The Morgan fingerprint density at radius 3 is 2.41 bits per heavy atom. The number of nitro groups is 1. The maximum Gasteiger partial charge on any atom is 0.322 e. The van der Waals surface area contributed by atoms with E-state index < -0.39 is 4.92 Å². The topological polar surface area (TPSA) is 107 Å². The van der Waals surface area contributed by atoms with E-state index in [1.54, 1.807) is 6.92 Å². The van der Waals surface area contributed by atoms with Gasteiger partial charge in [-0.25, -0.2) is 10.8 Å². The lowest BCUT2D eigenvalue weighted by Gasteiger charge is -2.17. The summed E-state index contributed by atoms with van der Waals surface area (Å²) in [6, 6.07) is 0. The number of nitrogens with zero attached hydrogens (tertiary/aromatic N) is 3. The highest BCUT2D eigenvalue weighted by molar-refractivity contribution is 8.00. The van der Waals surface area contributed by atoms with E-state index in [1.807, 2.05) is 20.8 Å². The van der Waals surface area contributed by atoms with Crippen LogP contribution >= 0.6 is 11.8 Å². The van der Waals surface area contributed by atoms with E-state index in [2.05, 4.69) is 15.4 Å². The first kappa shape index (κ1) is 13.7. The molecule has 0 aromatic carbocycles. The molecule has 0 radical (unpaired) electrons. The molecule has 17 heavy (non-hydrogen) atoms. The van der Waals surface area contributed by atoms with Crippen molar-refractivity contribution in [3.63, 3.8) is 0 Å². The molecular formula is C9H15N5O2S. The predicted molar refractivity (Wildman–Crippen MR) is 66.8 cm³/mol. The molecule has 0 unspecified atom stereocenters. The van der Waals surface area contributed by atoms with Crippen LogP contribution in [0.25, 0.3) is 0 Å². The summed E-state index contributed by atoms with van der Waals surface area (Å²) in [6.45, 7) is 7.42. The van der Waals surface area contributed by atoms with E-state index in [0.717, 1.165) is 0 Å². The maximum atomic E-state index is 11.0. The number of hydrogen-bond acceptors (Lipinski definition) is 7. The lowest BCUT2D eigenvalue weighted by atomic mass is 10.3. The largest absolute Gasteiger partial charge is 0.322 e. The minimum absolute atomic E-state index is 0.0658. The average Bonchev–Trinajstić information content (AvgIpc) is 2.13. The summed E-state index contributed by atoms with van der Waals surface area (Å²) in [5.41, 5.74) is 2.53. The smallest absolute Gasteiger partial charge is 0.292 e. The van der Waals surface area contributed by atoms with Crippen LogP contribution in [0.5, 0.6) is 0 Å². The van der Waals surface area contributed by atoms with E-state index in [-0.39, 0.29) is 16.4 Å². The van der Waals surface area contributed by atoms with Crippen molar-refractivity contribution in [1.29, 1.82) is 0 Å². The van der Waals surface area contributed by atoms with Crippen LogP contribution in [0.15, 0.2) is 5.03 Å². The van der Waals surface area contributed by atoms with Gasteiger partial charge in [-0.3, -0.25) is 15.5 Å². The third-order valence-corrected chi connectivity index (χ3v) is 2.83. The molecule has 0 saturated carbocycles. The second-order valence-electron chi connectivity index (χ2n) is 4.40. The lowest BCUT2D eigenvalue weighted by molar-refractivity contribution is -0.389. The molecule has 7 nitrogen and oxygen atoms in total. The van der Waals surface area contributed by atoms with Crippen molar-refractivity contribution in [3.8, 4) is 0 Å². The zero-order valence-corrected chi connectivity index (χ0v) is 11.0. The molecule has 94 valence electrons. The molecule has 3 N–H and O–H groups in total. The van der Waals surface area contributed by atoms with Crippen molar-refractivity contribution in [2.45, 2.75) is 37.5 Å². The van der Waals surface area contributed by atoms with E-state index >= 15 is 0 Å². The summed E-state index contributed by atoms with van der Waals surface area (Å²) in [7, 11) is 0. The summed E-state index contributed by atoms with van der Waals surface area (Å²) in [4.78, 5) is 18.5. The molecule has 0 spiro atoms. The molecule has 1 heterocycles. The van der Waals surface area contributed by atoms with Gasteiger partial charge in [-0.2, -0.15) is 4.98 Å². The van der Waals surface area contributed by atoms with Gasteiger partial charge in [0, 0.05) is 4.75 Å². The summed E-state index contributed by atoms with van der Waals surface area (Å²) in [6.07, 6.45) is 0. The van der Waals surface area contributed by atoms with Gasteiger partial charge in [0.25, 0.3) is 0 Å². The summed E-state index contributed by atoms with van der Waals surface area (Å²) < 4.78 is -0.183. The van der Waals surface area contributed by atoms with Crippen LogP contribution in [0.3, 0.4) is 0 Å². The number of anilines is 1. The van der Waals surface area contributed by atoms with Gasteiger partial charge in [-0.1, -0.05) is 32.5 Å². The van der Waals surface area contributed by atoms with Gasteiger partial charge in [0.2, 0.25) is 5.95 Å². The van der Waals surface area contributed by atoms with Gasteiger partial charge in [-0.05, 0) is 6.92 Å². The van der Waals surface area contributed by atoms with Crippen molar-refractivity contribution in [2.75, 3.05) is 5.43 Å². The quantitative estimate of drug-likeness (QED) is 0.280. The standard InChI is InChI=1S/C9H15N5O2S/c1-5-6(14(15)16)7(17-9(2,3)4)12-8(11-5)13-10/h10H2,1-4H3,(H,11,12,13). The number of hydrogen-bond donors (Lipinski definition) is 2. The Hall–Kier alpha value is -1.41. The van der Waals surface area contributed by atoms with Crippen LogP contribution in [-0.2, 0) is 0 Å². The monoisotopic (exact) mass is 257 g/mol. The molecule has 0 bridgehead atoms. The summed E-state index contributed by atoms with van der Waals surface area (Å²) in [5.74, 6) is 5.40. The van der Waals surface area contributed by atoms with Gasteiger partial charge in [0.05, 0.1) is 4.92 Å². The number of rotatable bonds is 3. The minimum Gasteiger partial charge on any atom is -0.292 e. The van der Waals surface area contributed by atoms with Crippen LogP contribution in [0.1, 0.15) is 26.5 Å². The highest BCUT2D eigenvalue weighted by Gasteiger charge is 2.26. The Kier molecular flexibility index (Phi) is 3.89. The van der Waals surface area contributed by atoms with Gasteiger partial charge >= 0.3 is 5.69 Å². The number of hydrazine groups is 1. The third kappa shape index (κ3) is 3.53. The van der Waals surface area contributed by atoms with Gasteiger partial charge in [0.15, 0.2) is 5.03 Å². The Bertz CT molecular complexity index is 444. The number of aromatic nitrogens is 2. The SMILES string of the molecule is Cc1nc(NN)nc(SC(C)(C)C)c1[N+](=O)[O-]. The molecule has 1 rings (SSSR count). The van der Waals surface area contributed by atoms with Crippen LogP contribution in [0.4, 0.5) is 11.6 Å². The van der Waals surface area contributed by atoms with Crippen molar-refractivity contribution in [3.05, 3.63) is 15.8 Å². The van der Waals surface area contributed by atoms with Crippen LogP contribution in [0.2, 0.25) is 0 Å². The van der Waals surface area contributed by atoms with Gasteiger partial charge < -0.3 is 0 Å². The van der Waals surface area contributed by atoms with E-state index in [1.165, 1.54) is 11.8 Å². The van der Waals surface area contributed by atoms with Crippen molar-refractivity contribution in [2.24, 2.45) is 5.84 Å². The van der Waals surface area contributed by atoms with Crippen molar-refractivity contribution < 1.29 is 4.92 Å². The minimum atomic E-state index is -0.469. The van der Waals surface area contributed by atoms with Gasteiger partial charge in [0.1, 0.15) is 5.69 Å². The predicted octanol–water partition coefficient (Wildman–Crippen LogP) is 1.87. The number of thioether (sulfide) groups is 1. The average molecular weight is 257 g/mol. The first-order valence-electron chi connectivity index (χ1n) is 4.93. The van der Waals surface area contributed by atoms with E-state index in [0.29, 0.717) is 10.7 Å². The zero-order chi connectivity index (χ0) is 13.2. The Labute approximate surface area is 103 Å². The Balaban J connectivity index is 3.32. The van der Waals surface area contributed by atoms with E-state index in [4.69, 9.17) is 5.84 Å². The van der Waals surface area contributed by atoms with E-state index in [9.17, 15) is 10.1 Å². The highest BCUT2D eigenvalue weighted by atomic mass is 32.2. The van der Waals surface area contributed by atoms with Crippen LogP contribution in [-0.4, -0.2) is 19.6 Å². The molecule has 8 heteroatoms. The molecular weight excluding hydrogens is 242 g/mol. The molecule has 1 aromatic heterocycles. The van der Waals surface area contributed by atoms with Crippen molar-refractivity contribution in [1.82, 2.24) is 9.97 Å².